The van der Waals surface area contributed by atoms with Crippen molar-refractivity contribution in [1.82, 2.24) is 0 Å². The summed E-state index contributed by atoms with van der Waals surface area (Å²) in [5.74, 6) is -0.549. The van der Waals surface area contributed by atoms with Crippen LogP contribution in [0, 0.1) is 0 Å². The molecule has 15 heavy (non-hydrogen) atoms. The summed E-state index contributed by atoms with van der Waals surface area (Å²) in [6.45, 7) is 2.08. The molecule has 1 aromatic rings. The zero-order valence-electron chi connectivity index (χ0n) is 8.48. The van der Waals surface area contributed by atoms with E-state index >= 15 is 0 Å². The first-order valence-corrected chi connectivity index (χ1v) is 5.54. The van der Waals surface area contributed by atoms with Crippen LogP contribution in [0.1, 0.15) is 24.8 Å². The molecule has 1 atom stereocenters. The molecule has 0 saturated heterocycles. The Hall–Kier alpha value is -1.09. The first kappa shape index (κ1) is 12.0. The maximum atomic E-state index is 10.3. The predicted molar refractivity (Wildman–Crippen MR) is 63.9 cm³/mol. The summed E-state index contributed by atoms with van der Waals surface area (Å²) >= 11 is 3.37. The van der Waals surface area contributed by atoms with Crippen molar-refractivity contribution in [1.29, 1.82) is 0 Å². The van der Waals surface area contributed by atoms with E-state index in [9.17, 15) is 4.79 Å². The van der Waals surface area contributed by atoms with Crippen LogP contribution < -0.4 is 0 Å². The average molecular weight is 269 g/mol. The number of halogens is 1. The van der Waals surface area contributed by atoms with Crippen molar-refractivity contribution in [2.24, 2.45) is 0 Å². The lowest BCUT2D eigenvalue weighted by Crippen LogP contribution is -1.92. The molecule has 0 aliphatic heterocycles. The molecule has 2 nitrogen and oxygen atoms in total. The van der Waals surface area contributed by atoms with Gasteiger partial charge in [-0.2, -0.15) is 0 Å². The molecule has 0 aliphatic rings. The fourth-order valence-electron chi connectivity index (χ4n) is 1.30. The van der Waals surface area contributed by atoms with Crippen molar-refractivity contribution < 1.29 is 9.90 Å². The second-order valence-electron chi connectivity index (χ2n) is 3.43. The lowest BCUT2D eigenvalue weighted by atomic mass is 9.98. The van der Waals surface area contributed by atoms with Gasteiger partial charge in [0.25, 0.3) is 0 Å². The van der Waals surface area contributed by atoms with E-state index in [0.29, 0.717) is 5.92 Å². The Balaban J connectivity index is 2.57. The Morgan fingerprint density at radius 2 is 2.07 bits per heavy atom. The molecule has 0 amide bonds. The Labute approximate surface area is 97.8 Å². The highest BCUT2D eigenvalue weighted by Gasteiger charge is 2.02. The van der Waals surface area contributed by atoms with Crippen LogP contribution in [0.3, 0.4) is 0 Å². The number of hydrogen-bond donors (Lipinski definition) is 1. The third-order valence-corrected chi connectivity index (χ3v) is 2.72. The highest BCUT2D eigenvalue weighted by Crippen LogP contribution is 2.21. The first-order chi connectivity index (χ1) is 7.09. The van der Waals surface area contributed by atoms with E-state index in [4.69, 9.17) is 5.11 Å². The topological polar surface area (TPSA) is 37.3 Å². The minimum atomic E-state index is -0.891. The number of hydrogen-bond acceptors (Lipinski definition) is 1. The lowest BCUT2D eigenvalue weighted by molar-refractivity contribution is -0.131. The number of allylic oxidation sites excluding steroid dienone is 1. The zero-order chi connectivity index (χ0) is 11.3. The molecule has 1 aromatic carbocycles. The summed E-state index contributed by atoms with van der Waals surface area (Å²) < 4.78 is 1.06. The van der Waals surface area contributed by atoms with Gasteiger partial charge in [-0.1, -0.05) is 41.1 Å². The van der Waals surface area contributed by atoms with Crippen LogP contribution in [0.25, 0.3) is 0 Å². The quantitative estimate of drug-likeness (QED) is 0.848. The molecule has 1 unspecified atom stereocenters. The minimum absolute atomic E-state index is 0.341. The number of benzene rings is 1. The monoisotopic (exact) mass is 268 g/mol. The number of aliphatic carboxylic acids is 1. The van der Waals surface area contributed by atoms with Gasteiger partial charge in [0.05, 0.1) is 0 Å². The van der Waals surface area contributed by atoms with E-state index in [1.54, 1.807) is 6.08 Å². The Kier molecular flexibility index (Phi) is 4.56. The summed E-state index contributed by atoms with van der Waals surface area (Å²) in [7, 11) is 0. The van der Waals surface area contributed by atoms with Gasteiger partial charge in [-0.05, 0) is 30.0 Å². The standard InChI is InChI=1S/C12H13BrO2/c1-9(3-2-4-12(14)15)10-5-7-11(13)8-6-10/h2,4-9H,3H2,1H3,(H,14,15)/b4-2+. The molecule has 0 spiro atoms. The minimum Gasteiger partial charge on any atom is -0.478 e. The van der Waals surface area contributed by atoms with Crippen molar-refractivity contribution in [3.63, 3.8) is 0 Å². The summed E-state index contributed by atoms with van der Waals surface area (Å²) in [5, 5.41) is 8.44. The van der Waals surface area contributed by atoms with Gasteiger partial charge in [-0.15, -0.1) is 0 Å². The van der Waals surface area contributed by atoms with E-state index in [0.717, 1.165) is 10.9 Å². The third-order valence-electron chi connectivity index (χ3n) is 2.19. The zero-order valence-corrected chi connectivity index (χ0v) is 10.1. The Morgan fingerprint density at radius 1 is 1.47 bits per heavy atom. The van der Waals surface area contributed by atoms with Gasteiger partial charge >= 0.3 is 5.97 Å². The second kappa shape index (κ2) is 5.71. The largest absolute Gasteiger partial charge is 0.478 e. The van der Waals surface area contributed by atoms with Crippen LogP contribution in [0.2, 0.25) is 0 Å². The SMILES string of the molecule is CC(C/C=C/C(=O)O)c1ccc(Br)cc1. The molecule has 0 bridgehead atoms. The van der Waals surface area contributed by atoms with Gasteiger partial charge in [0, 0.05) is 10.5 Å². The molecule has 1 N–H and O–H groups in total. The van der Waals surface area contributed by atoms with Gasteiger partial charge < -0.3 is 5.11 Å². The van der Waals surface area contributed by atoms with Gasteiger partial charge in [0.2, 0.25) is 0 Å². The summed E-state index contributed by atoms with van der Waals surface area (Å²) in [5.41, 5.74) is 1.22. The molecule has 0 heterocycles. The van der Waals surface area contributed by atoms with Crippen molar-refractivity contribution in [2.45, 2.75) is 19.3 Å². The summed E-state index contributed by atoms with van der Waals surface area (Å²) in [6, 6.07) is 8.08. The maximum Gasteiger partial charge on any atom is 0.327 e. The van der Waals surface area contributed by atoms with Gasteiger partial charge in [-0.3, -0.25) is 0 Å². The third kappa shape index (κ3) is 4.30. The Bertz CT molecular complexity index is 354. The lowest BCUT2D eigenvalue weighted by Gasteiger charge is -2.08. The van der Waals surface area contributed by atoms with Crippen molar-refractivity contribution in [2.75, 3.05) is 0 Å². The summed E-state index contributed by atoms with van der Waals surface area (Å²) in [6.07, 6.45) is 3.62. The van der Waals surface area contributed by atoms with E-state index in [1.165, 1.54) is 11.6 Å². The normalized spacial score (nSPS) is 12.9. The molecule has 0 aliphatic carbocycles. The van der Waals surface area contributed by atoms with Gasteiger partial charge in [0.1, 0.15) is 0 Å². The number of carboxylic acids is 1. The van der Waals surface area contributed by atoms with Crippen LogP contribution in [0.5, 0.6) is 0 Å². The van der Waals surface area contributed by atoms with Crippen molar-refractivity contribution >= 4 is 21.9 Å². The molecule has 0 saturated carbocycles. The van der Waals surface area contributed by atoms with E-state index < -0.39 is 5.97 Å². The smallest absolute Gasteiger partial charge is 0.327 e. The van der Waals surface area contributed by atoms with Crippen LogP contribution in [0.15, 0.2) is 40.9 Å². The maximum absolute atomic E-state index is 10.3. The number of rotatable bonds is 4. The average Bonchev–Trinajstić information content (AvgIpc) is 2.18. The van der Waals surface area contributed by atoms with E-state index in [-0.39, 0.29) is 0 Å². The fourth-order valence-corrected chi connectivity index (χ4v) is 1.56. The van der Waals surface area contributed by atoms with Crippen LogP contribution in [-0.4, -0.2) is 11.1 Å². The summed E-state index contributed by atoms with van der Waals surface area (Å²) in [4.78, 5) is 10.3. The second-order valence-corrected chi connectivity index (χ2v) is 4.34. The van der Waals surface area contributed by atoms with Crippen LogP contribution in [0.4, 0.5) is 0 Å². The van der Waals surface area contributed by atoms with E-state index in [1.807, 2.05) is 24.3 Å². The van der Waals surface area contributed by atoms with Crippen molar-refractivity contribution in [3.05, 3.63) is 46.5 Å². The molecule has 80 valence electrons. The highest BCUT2D eigenvalue weighted by atomic mass is 79.9. The number of carboxylic acid groups (broad SMARTS) is 1. The number of carbonyl (C=O) groups is 1. The fraction of sp³-hybridized carbons (Fsp3) is 0.250. The first-order valence-electron chi connectivity index (χ1n) is 4.74. The molecule has 0 fully saturated rings. The van der Waals surface area contributed by atoms with Gasteiger partial charge in [-0.25, -0.2) is 4.79 Å². The molecule has 0 radical (unpaired) electrons. The Morgan fingerprint density at radius 3 is 2.60 bits per heavy atom. The molecular formula is C12H13BrO2. The van der Waals surface area contributed by atoms with Crippen molar-refractivity contribution in [3.8, 4) is 0 Å². The molecule has 3 heteroatoms. The molecule has 0 aromatic heterocycles. The van der Waals surface area contributed by atoms with Gasteiger partial charge in [0.15, 0.2) is 0 Å². The van der Waals surface area contributed by atoms with Crippen LogP contribution >= 0.6 is 15.9 Å². The molecular weight excluding hydrogens is 256 g/mol. The predicted octanol–water partition coefficient (Wildman–Crippen LogP) is 3.58. The molecule has 1 rings (SSSR count). The van der Waals surface area contributed by atoms with Crippen LogP contribution in [-0.2, 0) is 4.79 Å². The highest BCUT2D eigenvalue weighted by molar-refractivity contribution is 9.10. The van der Waals surface area contributed by atoms with E-state index in [2.05, 4.69) is 22.9 Å².